The molecule has 2 aliphatic carbocycles. The zero-order valence-electron chi connectivity index (χ0n) is 23.8. The quantitative estimate of drug-likeness (QED) is 0.100. The van der Waals surface area contributed by atoms with E-state index in [2.05, 4.69) is 101 Å². The molecule has 0 spiro atoms. The van der Waals surface area contributed by atoms with Crippen molar-refractivity contribution in [3.05, 3.63) is 12.2 Å². The standard InChI is InChI=1S/C24H50N4P.F6P/c1-19(2)26(8)29(27(9)20(3)4,28(10)21(5)6)25(7)16-12-11-13-23-17-22-14-15-24(23)18-22;1-7(2,3,4,5)6/h14-15,19-24H,11-13,16-18H2,1-10H3;/q+1;-1. The average Bonchev–Trinajstić information content (AvgIpc) is 3.32. The van der Waals surface area contributed by atoms with E-state index in [-0.39, 0.29) is 0 Å². The van der Waals surface area contributed by atoms with E-state index < -0.39 is 15.7 Å². The third-order valence-electron chi connectivity index (χ3n) is 7.69. The molecule has 12 heteroatoms. The van der Waals surface area contributed by atoms with Crippen molar-refractivity contribution >= 4 is 15.7 Å². The Bertz CT molecular complexity index is 682. The van der Waals surface area contributed by atoms with E-state index in [1.807, 2.05) is 0 Å². The molecule has 0 aromatic heterocycles. The molecule has 0 aliphatic heterocycles. The van der Waals surface area contributed by atoms with Crippen molar-refractivity contribution in [2.45, 2.75) is 91.8 Å². The van der Waals surface area contributed by atoms with Crippen LogP contribution in [-0.4, -0.2) is 71.5 Å². The van der Waals surface area contributed by atoms with Crippen LogP contribution in [0.2, 0.25) is 0 Å². The van der Waals surface area contributed by atoms with E-state index in [1.165, 1.54) is 38.6 Å². The van der Waals surface area contributed by atoms with Crippen LogP contribution in [0.15, 0.2) is 12.2 Å². The molecule has 3 unspecified atom stereocenters. The predicted octanol–water partition coefficient (Wildman–Crippen LogP) is 9.38. The van der Waals surface area contributed by atoms with Gasteiger partial charge in [-0.2, -0.15) is 0 Å². The average molecular weight is 571 g/mol. The first kappa shape index (κ1) is 34.0. The number of allylic oxidation sites excluding steroid dienone is 2. The van der Waals surface area contributed by atoms with Crippen LogP contribution in [0, 0.1) is 17.8 Å². The van der Waals surface area contributed by atoms with Crippen molar-refractivity contribution in [2.24, 2.45) is 17.8 Å². The van der Waals surface area contributed by atoms with E-state index in [0.717, 1.165) is 17.8 Å². The van der Waals surface area contributed by atoms with Crippen LogP contribution in [0.1, 0.15) is 73.6 Å². The third-order valence-corrected chi connectivity index (χ3v) is 12.7. The fraction of sp³-hybridized carbons (Fsp3) is 0.917. The van der Waals surface area contributed by atoms with Gasteiger partial charge in [-0.1, -0.05) is 18.6 Å². The van der Waals surface area contributed by atoms with Crippen molar-refractivity contribution in [3.8, 4) is 0 Å². The predicted molar refractivity (Wildman–Crippen MR) is 145 cm³/mol. The first-order valence-electron chi connectivity index (χ1n) is 13.0. The summed E-state index contributed by atoms with van der Waals surface area (Å²) in [5.41, 5.74) is 0. The molecule has 2 bridgehead atoms. The number of hydrogen-bond acceptors (Lipinski definition) is 4. The first-order chi connectivity index (χ1) is 16.0. The Morgan fingerprint density at radius 2 is 1.14 bits per heavy atom. The molecule has 2 rings (SSSR count). The molecule has 1 saturated carbocycles. The normalized spacial score (nSPS) is 24.5. The zero-order valence-corrected chi connectivity index (χ0v) is 25.6. The summed E-state index contributed by atoms with van der Waals surface area (Å²) >= 11 is 0. The molecule has 0 aromatic rings. The molecule has 36 heavy (non-hydrogen) atoms. The Balaban J connectivity index is 0.000000809. The SMILES string of the molecule is CC(C)N(C)[P+](N(C)CCCCC1CC2C=CC1C2)(N(C)C(C)C)N(C)C(C)C.F[P-](F)(F)(F)(F)F. The molecular formula is C24H50F6N4P2. The second-order valence-electron chi connectivity index (χ2n) is 11.4. The molecule has 1 fully saturated rings. The molecule has 2 aliphatic rings. The van der Waals surface area contributed by atoms with Crippen LogP contribution in [-0.2, 0) is 0 Å². The van der Waals surface area contributed by atoms with Crippen LogP contribution in [0.25, 0.3) is 0 Å². The second kappa shape index (κ2) is 11.6. The molecule has 0 amide bonds. The van der Waals surface area contributed by atoms with E-state index in [9.17, 15) is 25.2 Å². The number of nitrogens with zero attached hydrogens (tertiary/aromatic N) is 4. The number of fused-ring (bicyclic) bond motifs is 2. The topological polar surface area (TPSA) is 13.0 Å². The van der Waals surface area contributed by atoms with E-state index in [4.69, 9.17) is 0 Å². The van der Waals surface area contributed by atoms with Gasteiger partial charge >= 0.3 is 40.9 Å². The fourth-order valence-electron chi connectivity index (χ4n) is 5.43. The molecule has 0 radical (unpaired) electrons. The van der Waals surface area contributed by atoms with Gasteiger partial charge in [0.05, 0.1) is 0 Å². The van der Waals surface area contributed by atoms with Crippen molar-refractivity contribution < 1.29 is 25.2 Å². The Kier molecular flexibility index (Phi) is 11.0. The second-order valence-corrected chi connectivity index (χ2v) is 17.0. The van der Waals surface area contributed by atoms with Gasteiger partial charge in [-0.3, -0.25) is 0 Å². The van der Waals surface area contributed by atoms with Gasteiger partial charge in [0.2, 0.25) is 0 Å². The van der Waals surface area contributed by atoms with E-state index in [1.54, 1.807) is 0 Å². The van der Waals surface area contributed by atoms with E-state index >= 15 is 0 Å². The van der Waals surface area contributed by atoms with Gasteiger partial charge in [-0.05, 0) is 85.0 Å². The van der Waals surface area contributed by atoms with Gasteiger partial charge < -0.3 is 0 Å². The zero-order chi connectivity index (χ0) is 28.3. The Morgan fingerprint density at radius 1 is 0.722 bits per heavy atom. The van der Waals surface area contributed by atoms with Crippen molar-refractivity contribution in [3.63, 3.8) is 0 Å². The van der Waals surface area contributed by atoms with Gasteiger partial charge in [0.25, 0.3) is 0 Å². The van der Waals surface area contributed by atoms with Gasteiger partial charge in [0, 0.05) is 52.9 Å². The third kappa shape index (κ3) is 10.3. The van der Waals surface area contributed by atoms with Gasteiger partial charge in [-0.25, -0.2) is 0 Å². The van der Waals surface area contributed by atoms with Gasteiger partial charge in [0.15, 0.2) is 0 Å². The molecule has 0 aromatic carbocycles. The van der Waals surface area contributed by atoms with Crippen LogP contribution in [0.4, 0.5) is 25.2 Å². The fourth-order valence-corrected chi connectivity index (χ4v) is 10.5. The van der Waals surface area contributed by atoms with E-state index in [0.29, 0.717) is 18.1 Å². The molecule has 218 valence electrons. The molecule has 0 heterocycles. The Morgan fingerprint density at radius 3 is 1.44 bits per heavy atom. The summed E-state index contributed by atoms with van der Waals surface area (Å²) in [7, 11) is -3.04. The van der Waals surface area contributed by atoms with Crippen LogP contribution in [0.5, 0.6) is 0 Å². The molecule has 0 saturated heterocycles. The number of rotatable bonds is 12. The molecular weight excluding hydrogens is 520 g/mol. The van der Waals surface area contributed by atoms with Gasteiger partial charge in [0.1, 0.15) is 0 Å². The van der Waals surface area contributed by atoms with Gasteiger partial charge in [-0.15, -0.1) is 18.7 Å². The molecule has 3 atom stereocenters. The molecule has 0 N–H and O–H groups in total. The number of halogens is 6. The summed E-state index contributed by atoms with van der Waals surface area (Å²) in [6.45, 7) is 15.2. The summed E-state index contributed by atoms with van der Waals surface area (Å²) in [6.07, 6.45) is 12.0. The maximum absolute atomic E-state index is 10.7. The van der Waals surface area contributed by atoms with Crippen LogP contribution in [0.3, 0.4) is 0 Å². The summed E-state index contributed by atoms with van der Waals surface area (Å²) in [5.74, 6) is 2.77. The Labute approximate surface area is 216 Å². The Hall–Kier alpha value is 0.0200. The minimum absolute atomic E-state index is 0.508. The first-order valence-corrected chi connectivity index (χ1v) is 16.7. The maximum atomic E-state index is 9.87. The minimum atomic E-state index is -10.7. The summed E-state index contributed by atoms with van der Waals surface area (Å²) < 4.78 is 69.9. The van der Waals surface area contributed by atoms with Crippen LogP contribution < -0.4 is 0 Å². The number of unbranched alkanes of at least 4 members (excludes halogenated alkanes) is 1. The monoisotopic (exact) mass is 570 g/mol. The number of hydrogen-bond donors (Lipinski definition) is 0. The van der Waals surface area contributed by atoms with Crippen LogP contribution >= 0.6 is 15.7 Å². The summed E-state index contributed by atoms with van der Waals surface area (Å²) in [4.78, 5) is 0. The summed E-state index contributed by atoms with van der Waals surface area (Å²) in [5, 5.41) is 0. The summed E-state index contributed by atoms with van der Waals surface area (Å²) in [6, 6.07) is 1.53. The van der Waals surface area contributed by atoms with Crippen molar-refractivity contribution in [2.75, 3.05) is 34.7 Å². The molecule has 4 nitrogen and oxygen atoms in total. The van der Waals surface area contributed by atoms with Crippen molar-refractivity contribution in [1.82, 2.24) is 18.7 Å². The van der Waals surface area contributed by atoms with Crippen molar-refractivity contribution in [1.29, 1.82) is 0 Å².